The molecule has 1 unspecified atom stereocenters. The van der Waals surface area contributed by atoms with Gasteiger partial charge in [0, 0.05) is 11.6 Å². The molecule has 1 heterocycles. The minimum atomic E-state index is -0.818. The first kappa shape index (κ1) is 13.1. The fourth-order valence-electron chi connectivity index (χ4n) is 1.50. The minimum Gasteiger partial charge on any atom is -0.469 e. The van der Waals surface area contributed by atoms with E-state index in [-0.39, 0.29) is 12.3 Å². The largest absolute Gasteiger partial charge is 0.469 e. The third kappa shape index (κ3) is 3.56. The Morgan fingerprint density at radius 3 is 2.84 bits per heavy atom. The highest BCUT2D eigenvalue weighted by Crippen LogP contribution is 2.23. The van der Waals surface area contributed by atoms with E-state index >= 15 is 0 Å². The van der Waals surface area contributed by atoms with Crippen LogP contribution in [0, 0.1) is 0 Å². The van der Waals surface area contributed by atoms with E-state index in [4.69, 9.17) is 15.0 Å². The van der Waals surface area contributed by atoms with Crippen molar-refractivity contribution >= 4 is 5.97 Å². The summed E-state index contributed by atoms with van der Waals surface area (Å²) in [6.07, 6.45) is -0.870. The highest BCUT2D eigenvalue weighted by atomic mass is 16.6. The Balaban J connectivity index is 2.00. The lowest BCUT2D eigenvalue weighted by Crippen LogP contribution is -2.30. The first-order valence-electron chi connectivity index (χ1n) is 5.70. The lowest BCUT2D eigenvalue weighted by Gasteiger charge is -2.09. The molecule has 0 aliphatic carbocycles. The van der Waals surface area contributed by atoms with Crippen molar-refractivity contribution in [3.63, 3.8) is 0 Å². The fourth-order valence-corrected chi connectivity index (χ4v) is 1.50. The van der Waals surface area contributed by atoms with Crippen molar-refractivity contribution in [1.29, 1.82) is 0 Å². The quantitative estimate of drug-likeness (QED) is 0.650. The third-order valence-electron chi connectivity index (χ3n) is 2.41. The molecule has 0 amide bonds. The summed E-state index contributed by atoms with van der Waals surface area (Å²) in [6, 6.07) is 11.1. The number of ether oxygens (including phenoxy) is 2. The predicted octanol–water partition coefficient (Wildman–Crippen LogP) is 1.57. The van der Waals surface area contributed by atoms with Crippen LogP contribution in [0.2, 0.25) is 0 Å². The van der Waals surface area contributed by atoms with Gasteiger partial charge in [-0.05, 0) is 5.16 Å². The molecular weight excluding hydrogens is 248 g/mol. The van der Waals surface area contributed by atoms with Gasteiger partial charge in [0.15, 0.2) is 12.0 Å². The van der Waals surface area contributed by atoms with Crippen LogP contribution in [0.5, 0.6) is 5.88 Å². The average molecular weight is 262 g/mol. The van der Waals surface area contributed by atoms with Crippen LogP contribution in [0.3, 0.4) is 0 Å². The Hall–Kier alpha value is -2.34. The van der Waals surface area contributed by atoms with Crippen molar-refractivity contribution in [2.75, 3.05) is 7.11 Å². The van der Waals surface area contributed by atoms with Gasteiger partial charge in [0.2, 0.25) is 0 Å². The molecule has 0 radical (unpaired) electrons. The van der Waals surface area contributed by atoms with E-state index in [2.05, 4.69) is 9.89 Å². The molecule has 1 aromatic carbocycles. The topological polar surface area (TPSA) is 87.6 Å². The van der Waals surface area contributed by atoms with Crippen molar-refractivity contribution in [2.45, 2.75) is 12.6 Å². The lowest BCUT2D eigenvalue weighted by atomic mass is 10.2. The van der Waals surface area contributed by atoms with Crippen molar-refractivity contribution in [1.82, 2.24) is 5.16 Å². The van der Waals surface area contributed by atoms with E-state index in [1.807, 2.05) is 30.3 Å². The Labute approximate surface area is 110 Å². The molecule has 2 rings (SSSR count). The zero-order valence-corrected chi connectivity index (χ0v) is 10.4. The molecule has 0 bridgehead atoms. The molecule has 1 atom stereocenters. The van der Waals surface area contributed by atoms with Gasteiger partial charge in [-0.1, -0.05) is 30.3 Å². The van der Waals surface area contributed by atoms with E-state index < -0.39 is 12.2 Å². The second kappa shape index (κ2) is 6.01. The summed E-state index contributed by atoms with van der Waals surface area (Å²) < 4.78 is 14.9. The molecule has 6 heteroatoms. The van der Waals surface area contributed by atoms with Gasteiger partial charge >= 0.3 is 5.97 Å². The van der Waals surface area contributed by atoms with E-state index in [9.17, 15) is 4.79 Å². The Kier molecular flexibility index (Phi) is 4.15. The number of benzene rings is 1. The highest BCUT2D eigenvalue weighted by Gasteiger charge is 2.14. The molecule has 1 aromatic heterocycles. The molecule has 0 saturated heterocycles. The minimum absolute atomic E-state index is 0.0516. The Bertz CT molecular complexity index is 539. The Morgan fingerprint density at radius 1 is 1.42 bits per heavy atom. The number of carbonyl (C=O) groups excluding carboxylic acids is 1. The summed E-state index contributed by atoms with van der Waals surface area (Å²) in [5.41, 5.74) is 6.51. The summed E-state index contributed by atoms with van der Waals surface area (Å²) in [5, 5.41) is 3.74. The van der Waals surface area contributed by atoms with Crippen LogP contribution in [0.4, 0.5) is 0 Å². The van der Waals surface area contributed by atoms with Crippen LogP contribution in [-0.2, 0) is 9.53 Å². The van der Waals surface area contributed by atoms with E-state index in [1.165, 1.54) is 7.11 Å². The lowest BCUT2D eigenvalue weighted by molar-refractivity contribution is -0.142. The second-order valence-corrected chi connectivity index (χ2v) is 3.83. The van der Waals surface area contributed by atoms with Crippen molar-refractivity contribution in [3.8, 4) is 17.2 Å². The van der Waals surface area contributed by atoms with Crippen LogP contribution in [0.25, 0.3) is 11.3 Å². The molecule has 0 saturated carbocycles. The molecule has 0 aliphatic heterocycles. The first-order chi connectivity index (χ1) is 9.19. The second-order valence-electron chi connectivity index (χ2n) is 3.83. The van der Waals surface area contributed by atoms with Crippen LogP contribution < -0.4 is 10.5 Å². The van der Waals surface area contributed by atoms with E-state index in [0.717, 1.165) is 5.56 Å². The fraction of sp³-hybridized carbons (Fsp3) is 0.231. The SMILES string of the molecule is COC(=O)CC(N)Oc1cc(-c2ccccc2)on1. The van der Waals surface area contributed by atoms with Crippen LogP contribution >= 0.6 is 0 Å². The predicted molar refractivity (Wildman–Crippen MR) is 67.2 cm³/mol. The monoisotopic (exact) mass is 262 g/mol. The van der Waals surface area contributed by atoms with Crippen molar-refractivity contribution < 1.29 is 18.8 Å². The number of nitrogens with two attached hydrogens (primary N) is 1. The number of aromatic nitrogens is 1. The summed E-state index contributed by atoms with van der Waals surface area (Å²) in [6.45, 7) is 0. The molecular formula is C13H14N2O4. The standard InChI is InChI=1S/C13H14N2O4/c1-17-13(16)8-11(14)18-12-7-10(19-15-12)9-5-3-2-4-6-9/h2-7,11H,8,14H2,1H3. The van der Waals surface area contributed by atoms with Gasteiger partial charge in [-0.3, -0.25) is 10.5 Å². The molecule has 0 fully saturated rings. The highest BCUT2D eigenvalue weighted by molar-refractivity contribution is 5.69. The van der Waals surface area contributed by atoms with Crippen molar-refractivity contribution in [3.05, 3.63) is 36.4 Å². The van der Waals surface area contributed by atoms with Gasteiger partial charge in [0.05, 0.1) is 13.5 Å². The molecule has 2 N–H and O–H groups in total. The molecule has 100 valence electrons. The summed E-state index contributed by atoms with van der Waals surface area (Å²) in [4.78, 5) is 11.0. The summed E-state index contributed by atoms with van der Waals surface area (Å²) >= 11 is 0. The van der Waals surface area contributed by atoms with Gasteiger partial charge in [0.1, 0.15) is 0 Å². The number of hydrogen-bond acceptors (Lipinski definition) is 6. The number of rotatable bonds is 5. The van der Waals surface area contributed by atoms with Gasteiger partial charge in [-0.15, -0.1) is 0 Å². The van der Waals surface area contributed by atoms with Gasteiger partial charge in [0.25, 0.3) is 5.88 Å². The average Bonchev–Trinajstić information content (AvgIpc) is 2.88. The third-order valence-corrected chi connectivity index (χ3v) is 2.41. The van der Waals surface area contributed by atoms with Gasteiger partial charge in [-0.2, -0.15) is 0 Å². The maximum atomic E-state index is 11.0. The molecule has 0 spiro atoms. The van der Waals surface area contributed by atoms with Crippen LogP contribution in [-0.4, -0.2) is 24.5 Å². The van der Waals surface area contributed by atoms with Crippen LogP contribution in [0.15, 0.2) is 40.9 Å². The normalized spacial score (nSPS) is 11.9. The van der Waals surface area contributed by atoms with Crippen LogP contribution in [0.1, 0.15) is 6.42 Å². The smallest absolute Gasteiger partial charge is 0.310 e. The maximum Gasteiger partial charge on any atom is 0.310 e. The van der Waals surface area contributed by atoms with E-state index in [1.54, 1.807) is 6.07 Å². The molecule has 2 aromatic rings. The maximum absolute atomic E-state index is 11.0. The molecule has 0 aliphatic rings. The van der Waals surface area contributed by atoms with Crippen molar-refractivity contribution in [2.24, 2.45) is 5.73 Å². The number of carbonyl (C=O) groups is 1. The van der Waals surface area contributed by atoms with Gasteiger partial charge < -0.3 is 14.0 Å². The number of hydrogen-bond donors (Lipinski definition) is 1. The Morgan fingerprint density at radius 2 is 2.16 bits per heavy atom. The summed E-state index contributed by atoms with van der Waals surface area (Å²) in [7, 11) is 1.29. The number of nitrogens with zero attached hydrogens (tertiary/aromatic N) is 1. The summed E-state index contributed by atoms with van der Waals surface area (Å²) in [5.74, 6) is 0.357. The van der Waals surface area contributed by atoms with Gasteiger partial charge in [-0.25, -0.2) is 0 Å². The number of esters is 1. The zero-order valence-electron chi connectivity index (χ0n) is 10.4. The van der Waals surface area contributed by atoms with E-state index in [0.29, 0.717) is 5.76 Å². The molecule has 6 nitrogen and oxygen atoms in total. The zero-order chi connectivity index (χ0) is 13.7. The first-order valence-corrected chi connectivity index (χ1v) is 5.70. The molecule has 19 heavy (non-hydrogen) atoms. The number of methoxy groups -OCH3 is 1.